The first-order valence-corrected chi connectivity index (χ1v) is 6.66. The molecule has 7 heteroatoms. The van der Waals surface area contributed by atoms with Gasteiger partial charge in [-0.05, 0) is 12.8 Å². The summed E-state index contributed by atoms with van der Waals surface area (Å²) in [6, 6.07) is 0.249. The fraction of sp³-hybridized carbons (Fsp3) is 0.636. The van der Waals surface area contributed by atoms with Crippen molar-refractivity contribution in [1.82, 2.24) is 4.98 Å². The van der Waals surface area contributed by atoms with Crippen molar-refractivity contribution < 1.29 is 14.6 Å². The lowest BCUT2D eigenvalue weighted by atomic mass is 10.1. The molecule has 0 spiro atoms. The van der Waals surface area contributed by atoms with Crippen molar-refractivity contribution in [3.05, 3.63) is 10.6 Å². The molecule has 0 unspecified atom stereocenters. The van der Waals surface area contributed by atoms with Gasteiger partial charge in [0.1, 0.15) is 4.88 Å². The van der Waals surface area contributed by atoms with E-state index in [1.807, 2.05) is 0 Å². The summed E-state index contributed by atoms with van der Waals surface area (Å²) < 4.78 is 4.98. The van der Waals surface area contributed by atoms with E-state index in [9.17, 15) is 4.79 Å². The number of rotatable bonds is 4. The van der Waals surface area contributed by atoms with E-state index in [1.165, 1.54) is 18.4 Å². The third-order valence-electron chi connectivity index (χ3n) is 2.97. The van der Waals surface area contributed by atoms with Crippen LogP contribution in [0.1, 0.15) is 28.2 Å². The zero-order chi connectivity index (χ0) is 13.1. The van der Waals surface area contributed by atoms with E-state index in [-0.39, 0.29) is 17.5 Å². The third kappa shape index (κ3) is 2.80. The van der Waals surface area contributed by atoms with Crippen molar-refractivity contribution in [3.8, 4) is 0 Å². The zero-order valence-corrected chi connectivity index (χ0v) is 11.1. The van der Waals surface area contributed by atoms with Gasteiger partial charge in [-0.15, -0.1) is 0 Å². The van der Waals surface area contributed by atoms with Gasteiger partial charge in [0.25, 0.3) is 0 Å². The first kappa shape index (κ1) is 13.3. The Morgan fingerprint density at radius 3 is 2.83 bits per heavy atom. The van der Waals surface area contributed by atoms with E-state index in [2.05, 4.69) is 9.88 Å². The fourth-order valence-electron chi connectivity index (χ4n) is 1.97. The van der Waals surface area contributed by atoms with Gasteiger partial charge in [-0.25, -0.2) is 9.78 Å². The number of methoxy groups -OCH3 is 1. The summed E-state index contributed by atoms with van der Waals surface area (Å²) in [5, 5.41) is 9.88. The number of nitrogens with two attached hydrogens (primary N) is 1. The number of aromatic carboxylic acids is 1. The SMILES string of the molecule is COCc1nc(N2CCC(N)CC2)sc1C(=O)O. The number of carbonyl (C=O) groups is 1. The molecule has 0 amide bonds. The van der Waals surface area contributed by atoms with Crippen molar-refractivity contribution >= 4 is 22.4 Å². The highest BCUT2D eigenvalue weighted by Gasteiger charge is 2.23. The fourth-order valence-corrected chi connectivity index (χ4v) is 2.93. The maximum absolute atomic E-state index is 11.1. The van der Waals surface area contributed by atoms with E-state index in [1.54, 1.807) is 0 Å². The predicted molar refractivity (Wildman–Crippen MR) is 69.2 cm³/mol. The van der Waals surface area contributed by atoms with Crippen LogP contribution < -0.4 is 10.6 Å². The number of anilines is 1. The van der Waals surface area contributed by atoms with Gasteiger partial charge in [-0.2, -0.15) is 0 Å². The number of hydrogen-bond acceptors (Lipinski definition) is 6. The van der Waals surface area contributed by atoms with Gasteiger partial charge >= 0.3 is 5.97 Å². The van der Waals surface area contributed by atoms with Crippen LogP contribution in [0.4, 0.5) is 5.13 Å². The van der Waals surface area contributed by atoms with Crippen LogP contribution in [0, 0.1) is 0 Å². The van der Waals surface area contributed by atoms with Crippen molar-refractivity contribution in [2.24, 2.45) is 5.73 Å². The second-order valence-electron chi connectivity index (χ2n) is 4.33. The standard InChI is InChI=1S/C11H17N3O3S/c1-17-6-8-9(10(15)16)18-11(13-8)14-4-2-7(12)3-5-14/h7H,2-6,12H2,1H3,(H,15,16). The number of thiazole rings is 1. The summed E-state index contributed by atoms with van der Waals surface area (Å²) >= 11 is 1.21. The molecule has 2 heterocycles. The Bertz CT molecular complexity index is 427. The minimum Gasteiger partial charge on any atom is -0.477 e. The second kappa shape index (κ2) is 5.64. The zero-order valence-electron chi connectivity index (χ0n) is 10.3. The molecule has 1 fully saturated rings. The number of nitrogens with zero attached hydrogens (tertiary/aromatic N) is 2. The van der Waals surface area contributed by atoms with Gasteiger partial charge in [-0.1, -0.05) is 11.3 Å². The van der Waals surface area contributed by atoms with Gasteiger partial charge < -0.3 is 20.5 Å². The largest absolute Gasteiger partial charge is 0.477 e. The van der Waals surface area contributed by atoms with Crippen molar-refractivity contribution in [2.45, 2.75) is 25.5 Å². The molecule has 0 bridgehead atoms. The number of ether oxygens (including phenoxy) is 1. The van der Waals surface area contributed by atoms with Gasteiger partial charge in [-0.3, -0.25) is 0 Å². The molecule has 1 aromatic heterocycles. The molecule has 100 valence electrons. The van der Waals surface area contributed by atoms with Crippen LogP contribution in [0.5, 0.6) is 0 Å². The van der Waals surface area contributed by atoms with Crippen LogP contribution in [-0.2, 0) is 11.3 Å². The molecule has 1 saturated heterocycles. The highest BCUT2D eigenvalue weighted by atomic mass is 32.1. The molecule has 1 aliphatic heterocycles. The molecule has 1 aliphatic rings. The summed E-state index contributed by atoms with van der Waals surface area (Å²) in [4.78, 5) is 17.9. The Labute approximate surface area is 109 Å². The van der Waals surface area contributed by atoms with Crippen molar-refractivity contribution in [1.29, 1.82) is 0 Å². The molecule has 0 aliphatic carbocycles. The molecular weight excluding hydrogens is 254 g/mol. The van der Waals surface area contributed by atoms with Gasteiger partial charge in [0.2, 0.25) is 0 Å². The number of carboxylic acids is 1. The monoisotopic (exact) mass is 271 g/mol. The first-order chi connectivity index (χ1) is 8.61. The summed E-state index contributed by atoms with van der Waals surface area (Å²) in [6.45, 7) is 1.89. The third-order valence-corrected chi connectivity index (χ3v) is 4.12. The van der Waals surface area contributed by atoms with Crippen LogP contribution in [0.15, 0.2) is 0 Å². The minimum absolute atomic E-state index is 0.228. The molecule has 0 saturated carbocycles. The first-order valence-electron chi connectivity index (χ1n) is 5.84. The van der Waals surface area contributed by atoms with E-state index < -0.39 is 5.97 Å². The summed E-state index contributed by atoms with van der Waals surface area (Å²) in [6.07, 6.45) is 1.84. The smallest absolute Gasteiger partial charge is 0.347 e. The highest BCUT2D eigenvalue weighted by Crippen LogP contribution is 2.28. The van der Waals surface area contributed by atoms with Crippen LogP contribution in [0.25, 0.3) is 0 Å². The quantitative estimate of drug-likeness (QED) is 0.846. The Morgan fingerprint density at radius 2 is 2.28 bits per heavy atom. The molecule has 18 heavy (non-hydrogen) atoms. The van der Waals surface area contributed by atoms with Gasteiger partial charge in [0, 0.05) is 26.2 Å². The van der Waals surface area contributed by atoms with Crippen LogP contribution >= 0.6 is 11.3 Å². The van der Waals surface area contributed by atoms with Gasteiger partial charge in [0.05, 0.1) is 12.3 Å². The molecule has 0 radical (unpaired) electrons. The van der Waals surface area contributed by atoms with Gasteiger partial charge in [0.15, 0.2) is 5.13 Å². The highest BCUT2D eigenvalue weighted by molar-refractivity contribution is 7.17. The number of hydrogen-bond donors (Lipinski definition) is 2. The van der Waals surface area contributed by atoms with Crippen LogP contribution in [0.2, 0.25) is 0 Å². The number of aromatic nitrogens is 1. The lowest BCUT2D eigenvalue weighted by molar-refractivity contribution is 0.0697. The summed E-state index contributed by atoms with van der Waals surface area (Å²) in [7, 11) is 1.53. The molecule has 2 rings (SSSR count). The summed E-state index contributed by atoms with van der Waals surface area (Å²) in [5.41, 5.74) is 6.35. The van der Waals surface area contributed by atoms with Crippen LogP contribution in [-0.4, -0.2) is 42.3 Å². The number of carboxylic acid groups (broad SMARTS) is 1. The maximum atomic E-state index is 11.1. The lowest BCUT2D eigenvalue weighted by Crippen LogP contribution is -2.39. The Hall–Kier alpha value is -1.18. The van der Waals surface area contributed by atoms with E-state index in [0.717, 1.165) is 31.1 Å². The molecule has 1 aromatic rings. The Morgan fingerprint density at radius 1 is 1.61 bits per heavy atom. The Balaban J connectivity index is 2.18. The minimum atomic E-state index is -0.945. The molecular formula is C11H17N3O3S. The molecule has 0 atom stereocenters. The van der Waals surface area contributed by atoms with Crippen LogP contribution in [0.3, 0.4) is 0 Å². The van der Waals surface area contributed by atoms with E-state index in [0.29, 0.717) is 5.69 Å². The normalized spacial score (nSPS) is 17.1. The number of piperidine rings is 1. The molecule has 0 aromatic carbocycles. The van der Waals surface area contributed by atoms with E-state index >= 15 is 0 Å². The average Bonchev–Trinajstić information content (AvgIpc) is 2.75. The predicted octanol–water partition coefficient (Wildman–Crippen LogP) is 0.915. The lowest BCUT2D eigenvalue weighted by Gasteiger charge is -2.29. The molecule has 6 nitrogen and oxygen atoms in total. The Kier molecular flexibility index (Phi) is 4.15. The molecule has 3 N–H and O–H groups in total. The van der Waals surface area contributed by atoms with Crippen molar-refractivity contribution in [2.75, 3.05) is 25.1 Å². The topological polar surface area (TPSA) is 88.7 Å². The summed E-state index contributed by atoms with van der Waals surface area (Å²) in [5.74, 6) is -0.945. The average molecular weight is 271 g/mol. The maximum Gasteiger partial charge on any atom is 0.347 e. The van der Waals surface area contributed by atoms with E-state index in [4.69, 9.17) is 15.6 Å². The van der Waals surface area contributed by atoms with Crippen molar-refractivity contribution in [3.63, 3.8) is 0 Å². The second-order valence-corrected chi connectivity index (χ2v) is 5.31.